The molecule has 0 spiro atoms. The molecule has 2 amide bonds. The first-order chi connectivity index (χ1) is 8.60. The first-order valence-electron chi connectivity index (χ1n) is 6.24. The maximum atomic E-state index is 12.0. The molecule has 6 heteroatoms. The van der Waals surface area contributed by atoms with Gasteiger partial charge in [0, 0.05) is 0 Å². The number of rotatable bonds is 2. The van der Waals surface area contributed by atoms with Gasteiger partial charge in [0.25, 0.3) is 0 Å². The predicted octanol–water partition coefficient (Wildman–Crippen LogP) is 1.58. The summed E-state index contributed by atoms with van der Waals surface area (Å²) < 4.78 is 9.78. The van der Waals surface area contributed by atoms with Gasteiger partial charge in [0.05, 0.1) is 13.0 Å². The van der Waals surface area contributed by atoms with Gasteiger partial charge in [-0.2, -0.15) is 0 Å². The maximum absolute atomic E-state index is 12.0. The molecule has 19 heavy (non-hydrogen) atoms. The van der Waals surface area contributed by atoms with Crippen molar-refractivity contribution >= 4 is 18.0 Å². The third-order valence-electron chi connectivity index (χ3n) is 2.89. The number of hydrogen-bond acceptors (Lipinski definition) is 5. The fourth-order valence-electron chi connectivity index (χ4n) is 2.05. The van der Waals surface area contributed by atoms with Gasteiger partial charge in [-0.05, 0) is 26.7 Å². The molecule has 0 radical (unpaired) electrons. The van der Waals surface area contributed by atoms with Gasteiger partial charge in [0.1, 0.15) is 5.60 Å². The minimum absolute atomic E-state index is 0.0460. The lowest BCUT2D eigenvalue weighted by molar-refractivity contribution is -0.173. The number of hydrogen-bond donors (Lipinski definition) is 0. The second-order valence-corrected chi connectivity index (χ2v) is 5.93. The Bertz CT molecular complexity index is 396. The van der Waals surface area contributed by atoms with Crippen LogP contribution in [0.1, 0.15) is 34.6 Å². The second-order valence-electron chi connectivity index (χ2n) is 5.93. The monoisotopic (exact) mass is 271 g/mol. The van der Waals surface area contributed by atoms with E-state index in [1.165, 1.54) is 7.11 Å². The van der Waals surface area contributed by atoms with Crippen LogP contribution in [0.2, 0.25) is 0 Å². The van der Waals surface area contributed by atoms with Crippen molar-refractivity contribution in [1.29, 1.82) is 0 Å². The molecule has 0 unspecified atom stereocenters. The molecule has 108 valence electrons. The Morgan fingerprint density at radius 1 is 1.26 bits per heavy atom. The van der Waals surface area contributed by atoms with Crippen molar-refractivity contribution < 1.29 is 23.9 Å². The van der Waals surface area contributed by atoms with Gasteiger partial charge in [-0.3, -0.25) is 4.79 Å². The van der Waals surface area contributed by atoms with E-state index < -0.39 is 29.6 Å². The molecule has 6 nitrogen and oxygen atoms in total. The lowest BCUT2D eigenvalue weighted by Crippen LogP contribution is -2.68. The minimum atomic E-state index is -0.882. The zero-order chi connectivity index (χ0) is 15.0. The molecule has 1 saturated heterocycles. The summed E-state index contributed by atoms with van der Waals surface area (Å²) in [5, 5.41) is 0. The van der Waals surface area contributed by atoms with Gasteiger partial charge >= 0.3 is 12.1 Å². The summed E-state index contributed by atoms with van der Waals surface area (Å²) in [6.07, 6.45) is -0.801. The third-order valence-corrected chi connectivity index (χ3v) is 2.89. The predicted molar refractivity (Wildman–Crippen MR) is 67.2 cm³/mol. The van der Waals surface area contributed by atoms with E-state index in [1.807, 2.05) is 13.8 Å². The average Bonchev–Trinajstić information content (AvgIpc) is 2.21. The van der Waals surface area contributed by atoms with E-state index >= 15 is 0 Å². The lowest BCUT2D eigenvalue weighted by Gasteiger charge is -2.45. The average molecular weight is 271 g/mol. The van der Waals surface area contributed by atoms with Crippen LogP contribution in [-0.4, -0.2) is 41.6 Å². The Hall–Kier alpha value is -1.59. The van der Waals surface area contributed by atoms with Gasteiger partial charge in [-0.15, -0.1) is 0 Å². The smallest absolute Gasteiger partial charge is 0.417 e. The molecule has 0 saturated carbocycles. The van der Waals surface area contributed by atoms with E-state index in [0.29, 0.717) is 0 Å². The molecule has 1 rings (SSSR count). The first kappa shape index (κ1) is 15.5. The summed E-state index contributed by atoms with van der Waals surface area (Å²) in [5.41, 5.74) is -0.721. The Kier molecular flexibility index (Phi) is 4.22. The summed E-state index contributed by atoms with van der Waals surface area (Å²) in [6, 6.07) is -0.882. The Labute approximate surface area is 113 Å². The maximum Gasteiger partial charge on any atom is 0.417 e. The molecule has 2 atom stereocenters. The Morgan fingerprint density at radius 3 is 2.16 bits per heavy atom. The summed E-state index contributed by atoms with van der Waals surface area (Å²) in [7, 11) is 1.23. The zero-order valence-corrected chi connectivity index (χ0v) is 12.2. The van der Waals surface area contributed by atoms with Crippen molar-refractivity contribution in [3.8, 4) is 0 Å². The number of imide groups is 1. The molecular weight excluding hydrogens is 250 g/mol. The van der Waals surface area contributed by atoms with E-state index in [1.54, 1.807) is 20.8 Å². The molecule has 0 bridgehead atoms. The van der Waals surface area contributed by atoms with Crippen LogP contribution in [0.5, 0.6) is 0 Å². The number of esters is 1. The Morgan fingerprint density at radius 2 is 1.79 bits per heavy atom. The minimum Gasteiger partial charge on any atom is -0.467 e. The largest absolute Gasteiger partial charge is 0.467 e. The third kappa shape index (κ3) is 3.05. The number of likely N-dealkylation sites (tertiary alicyclic amines) is 1. The number of methoxy groups -OCH3 is 1. The molecule has 1 aliphatic rings. The van der Waals surface area contributed by atoms with E-state index in [2.05, 4.69) is 4.74 Å². The Balaban J connectivity index is 2.91. The highest BCUT2D eigenvalue weighted by atomic mass is 16.6. The van der Waals surface area contributed by atoms with Crippen molar-refractivity contribution in [1.82, 2.24) is 4.90 Å². The highest BCUT2D eigenvalue weighted by Crippen LogP contribution is 2.34. The highest BCUT2D eigenvalue weighted by Gasteiger charge is 2.57. The molecule has 1 fully saturated rings. The van der Waals surface area contributed by atoms with E-state index in [-0.39, 0.29) is 11.8 Å². The number of carbonyl (C=O) groups excluding carboxylic acids is 3. The quantitative estimate of drug-likeness (QED) is 0.563. The molecule has 0 aromatic heterocycles. The number of amides is 2. The molecule has 0 N–H and O–H groups in total. The van der Waals surface area contributed by atoms with Gasteiger partial charge < -0.3 is 9.47 Å². The van der Waals surface area contributed by atoms with E-state index in [0.717, 1.165) is 4.90 Å². The molecular formula is C13H21NO5. The molecule has 0 aromatic rings. The van der Waals surface area contributed by atoms with Crippen molar-refractivity contribution in [2.45, 2.75) is 46.3 Å². The van der Waals surface area contributed by atoms with Crippen molar-refractivity contribution in [3.05, 3.63) is 0 Å². The van der Waals surface area contributed by atoms with Gasteiger partial charge in [-0.1, -0.05) is 13.8 Å². The standard InChI is InChI=1S/C13H21NO5/c1-7(2)8-9(11(16)18-6)14(10(8)15)12(17)19-13(3,4)5/h7-9H,1-6H3/t8-,9+/m0/s1. The number of nitrogens with zero attached hydrogens (tertiary/aromatic N) is 1. The topological polar surface area (TPSA) is 72.9 Å². The lowest BCUT2D eigenvalue weighted by atomic mass is 9.79. The van der Waals surface area contributed by atoms with Crippen LogP contribution in [-0.2, 0) is 19.1 Å². The van der Waals surface area contributed by atoms with Crippen molar-refractivity contribution in [2.75, 3.05) is 7.11 Å². The normalized spacial score (nSPS) is 23.1. The summed E-state index contributed by atoms with van der Waals surface area (Å²) >= 11 is 0. The first-order valence-corrected chi connectivity index (χ1v) is 6.24. The SMILES string of the molecule is COC(=O)[C@H]1[C@H](C(C)C)C(=O)N1C(=O)OC(C)(C)C. The van der Waals surface area contributed by atoms with Gasteiger partial charge in [0.15, 0.2) is 6.04 Å². The zero-order valence-electron chi connectivity index (χ0n) is 12.2. The van der Waals surface area contributed by atoms with Crippen LogP contribution in [0.25, 0.3) is 0 Å². The number of β-lactam (4-membered cyclic amide) rings is 1. The molecule has 0 aliphatic carbocycles. The molecule has 1 aliphatic heterocycles. The van der Waals surface area contributed by atoms with Crippen LogP contribution in [0.4, 0.5) is 4.79 Å². The second kappa shape index (κ2) is 5.19. The van der Waals surface area contributed by atoms with E-state index in [4.69, 9.17) is 4.74 Å². The fourth-order valence-corrected chi connectivity index (χ4v) is 2.05. The van der Waals surface area contributed by atoms with Crippen LogP contribution < -0.4 is 0 Å². The van der Waals surface area contributed by atoms with Crippen LogP contribution in [0.3, 0.4) is 0 Å². The van der Waals surface area contributed by atoms with E-state index in [9.17, 15) is 14.4 Å². The van der Waals surface area contributed by atoms with Crippen molar-refractivity contribution in [3.63, 3.8) is 0 Å². The van der Waals surface area contributed by atoms with Crippen LogP contribution in [0.15, 0.2) is 0 Å². The van der Waals surface area contributed by atoms with Gasteiger partial charge in [0.2, 0.25) is 5.91 Å². The summed E-state index contributed by atoms with van der Waals surface area (Å²) in [6.45, 7) is 8.74. The summed E-state index contributed by atoms with van der Waals surface area (Å²) in [4.78, 5) is 36.5. The number of carbonyl (C=O) groups is 3. The highest BCUT2D eigenvalue weighted by molar-refractivity contribution is 6.06. The molecule has 0 aromatic carbocycles. The van der Waals surface area contributed by atoms with Crippen molar-refractivity contribution in [2.24, 2.45) is 11.8 Å². The fraction of sp³-hybridized carbons (Fsp3) is 0.769. The molecule has 1 heterocycles. The van der Waals surface area contributed by atoms with Crippen LogP contribution in [0, 0.1) is 11.8 Å². The summed E-state index contributed by atoms with van der Waals surface area (Å²) in [5.74, 6) is -1.56. The number of ether oxygens (including phenoxy) is 2. The van der Waals surface area contributed by atoms with Gasteiger partial charge in [-0.25, -0.2) is 14.5 Å². The van der Waals surface area contributed by atoms with Crippen LogP contribution >= 0.6 is 0 Å².